The zero-order valence-electron chi connectivity index (χ0n) is 12.2. The molecule has 0 amide bonds. The highest BCUT2D eigenvalue weighted by Gasteiger charge is 2.30. The van der Waals surface area contributed by atoms with Crippen LogP contribution in [0.15, 0.2) is 24.3 Å². The maximum absolute atomic E-state index is 10.6. The average Bonchev–Trinajstić information content (AvgIpc) is 2.71. The van der Waals surface area contributed by atoms with E-state index in [2.05, 4.69) is 43.0 Å². The van der Waals surface area contributed by atoms with Crippen LogP contribution in [0.3, 0.4) is 0 Å². The van der Waals surface area contributed by atoms with Crippen LogP contribution in [0, 0.1) is 6.92 Å². The van der Waals surface area contributed by atoms with Crippen molar-refractivity contribution in [3.63, 3.8) is 0 Å². The molecule has 2 unspecified atom stereocenters. The summed E-state index contributed by atoms with van der Waals surface area (Å²) in [5.41, 5.74) is 2.82. The highest BCUT2D eigenvalue weighted by atomic mass is 35.5. The standard InChI is InChI=1S/C16H23NO2.ClH/c1-12-6-3-4-7-15(12)14-10-13(2)17(11-14)9-5-8-16(18)19;/h3-4,6-7,13-14H,5,8-11H2,1-2H3,(H,18,19);1H. The summed E-state index contributed by atoms with van der Waals surface area (Å²) in [6.07, 6.45) is 2.20. The van der Waals surface area contributed by atoms with E-state index in [4.69, 9.17) is 5.11 Å². The molecule has 0 aliphatic carbocycles. The van der Waals surface area contributed by atoms with Crippen LogP contribution >= 0.6 is 12.4 Å². The maximum Gasteiger partial charge on any atom is 0.303 e. The summed E-state index contributed by atoms with van der Waals surface area (Å²) in [6.45, 7) is 6.38. The molecule has 0 bridgehead atoms. The molecule has 0 spiro atoms. The van der Waals surface area contributed by atoms with Crippen LogP contribution in [-0.2, 0) is 4.79 Å². The monoisotopic (exact) mass is 297 g/mol. The quantitative estimate of drug-likeness (QED) is 0.905. The van der Waals surface area contributed by atoms with E-state index in [-0.39, 0.29) is 18.8 Å². The van der Waals surface area contributed by atoms with Gasteiger partial charge in [0.2, 0.25) is 0 Å². The minimum atomic E-state index is -0.692. The predicted molar refractivity (Wildman–Crippen MR) is 83.7 cm³/mol. The minimum absolute atomic E-state index is 0. The van der Waals surface area contributed by atoms with Gasteiger partial charge in [-0.3, -0.25) is 4.79 Å². The lowest BCUT2D eigenvalue weighted by Crippen LogP contribution is -2.28. The van der Waals surface area contributed by atoms with Crippen molar-refractivity contribution in [3.05, 3.63) is 35.4 Å². The molecule has 0 aromatic heterocycles. The molecule has 112 valence electrons. The molecule has 2 rings (SSSR count). The van der Waals surface area contributed by atoms with Gasteiger partial charge in [-0.2, -0.15) is 0 Å². The molecule has 4 heteroatoms. The Morgan fingerprint density at radius 1 is 1.40 bits per heavy atom. The van der Waals surface area contributed by atoms with Gasteiger partial charge in [-0.1, -0.05) is 24.3 Å². The third-order valence-corrected chi connectivity index (χ3v) is 4.17. The van der Waals surface area contributed by atoms with Gasteiger partial charge in [0.05, 0.1) is 0 Å². The predicted octanol–water partition coefficient (Wildman–Crippen LogP) is 3.46. The van der Waals surface area contributed by atoms with Gasteiger partial charge in [-0.05, 0) is 50.3 Å². The largest absolute Gasteiger partial charge is 0.481 e. The van der Waals surface area contributed by atoms with E-state index >= 15 is 0 Å². The molecule has 0 radical (unpaired) electrons. The second-order valence-corrected chi connectivity index (χ2v) is 5.63. The maximum atomic E-state index is 10.6. The van der Waals surface area contributed by atoms with Crippen LogP contribution in [0.1, 0.15) is 43.2 Å². The van der Waals surface area contributed by atoms with Crippen LogP contribution in [0.4, 0.5) is 0 Å². The smallest absolute Gasteiger partial charge is 0.303 e. The molecule has 1 aromatic carbocycles. The first-order chi connectivity index (χ1) is 9.08. The summed E-state index contributed by atoms with van der Waals surface area (Å²) in [5.74, 6) is -0.0941. The van der Waals surface area contributed by atoms with E-state index in [1.54, 1.807) is 0 Å². The first-order valence-electron chi connectivity index (χ1n) is 7.09. The van der Waals surface area contributed by atoms with Crippen LogP contribution in [-0.4, -0.2) is 35.1 Å². The van der Waals surface area contributed by atoms with Gasteiger partial charge in [0.1, 0.15) is 0 Å². The Morgan fingerprint density at radius 3 is 2.75 bits per heavy atom. The number of benzene rings is 1. The van der Waals surface area contributed by atoms with Gasteiger partial charge in [-0.25, -0.2) is 0 Å². The number of carbonyl (C=O) groups is 1. The van der Waals surface area contributed by atoms with Crippen molar-refractivity contribution >= 4 is 18.4 Å². The molecule has 2 atom stereocenters. The van der Waals surface area contributed by atoms with Crippen molar-refractivity contribution in [2.75, 3.05) is 13.1 Å². The van der Waals surface area contributed by atoms with Crippen molar-refractivity contribution < 1.29 is 9.90 Å². The molecule has 1 aliphatic heterocycles. The minimum Gasteiger partial charge on any atom is -0.481 e. The van der Waals surface area contributed by atoms with E-state index in [9.17, 15) is 4.79 Å². The highest BCUT2D eigenvalue weighted by molar-refractivity contribution is 5.85. The van der Waals surface area contributed by atoms with Gasteiger partial charge < -0.3 is 10.0 Å². The molecular formula is C16H24ClNO2. The van der Waals surface area contributed by atoms with Crippen molar-refractivity contribution in [2.24, 2.45) is 0 Å². The Balaban J connectivity index is 0.00000200. The number of halogens is 1. The van der Waals surface area contributed by atoms with Crippen LogP contribution < -0.4 is 0 Å². The first-order valence-corrected chi connectivity index (χ1v) is 7.09. The fourth-order valence-corrected chi connectivity index (χ4v) is 3.11. The molecule has 1 aliphatic rings. The van der Waals surface area contributed by atoms with Crippen molar-refractivity contribution in [2.45, 2.75) is 45.1 Å². The lowest BCUT2D eigenvalue weighted by Gasteiger charge is -2.20. The Kier molecular flexibility index (Phi) is 6.50. The van der Waals surface area contributed by atoms with E-state index in [1.807, 2.05) is 0 Å². The Morgan fingerprint density at radius 2 is 2.10 bits per heavy atom. The number of aliphatic carboxylic acids is 1. The number of hydrogen-bond acceptors (Lipinski definition) is 2. The molecule has 3 nitrogen and oxygen atoms in total. The number of nitrogens with zero attached hydrogens (tertiary/aromatic N) is 1. The number of hydrogen-bond donors (Lipinski definition) is 1. The summed E-state index contributed by atoms with van der Waals surface area (Å²) in [4.78, 5) is 13.0. The fraction of sp³-hybridized carbons (Fsp3) is 0.562. The van der Waals surface area contributed by atoms with Crippen LogP contribution in [0.25, 0.3) is 0 Å². The van der Waals surface area contributed by atoms with Gasteiger partial charge in [0.15, 0.2) is 0 Å². The molecule has 20 heavy (non-hydrogen) atoms. The number of aryl methyl sites for hydroxylation is 1. The second-order valence-electron chi connectivity index (χ2n) is 5.63. The summed E-state index contributed by atoms with van der Waals surface area (Å²) >= 11 is 0. The molecular weight excluding hydrogens is 274 g/mol. The lowest BCUT2D eigenvalue weighted by atomic mass is 9.93. The third-order valence-electron chi connectivity index (χ3n) is 4.17. The van der Waals surface area contributed by atoms with Crippen molar-refractivity contribution in [1.82, 2.24) is 4.90 Å². The summed E-state index contributed by atoms with van der Waals surface area (Å²) in [7, 11) is 0. The average molecular weight is 298 g/mol. The van der Waals surface area contributed by atoms with Gasteiger partial charge in [0, 0.05) is 19.0 Å². The summed E-state index contributed by atoms with van der Waals surface area (Å²) in [5, 5.41) is 8.70. The fourth-order valence-electron chi connectivity index (χ4n) is 3.11. The van der Waals surface area contributed by atoms with E-state index in [0.29, 0.717) is 12.0 Å². The number of carboxylic acids is 1. The van der Waals surface area contributed by atoms with Crippen molar-refractivity contribution in [1.29, 1.82) is 0 Å². The molecule has 1 saturated heterocycles. The number of carboxylic acid groups (broad SMARTS) is 1. The van der Waals surface area contributed by atoms with E-state index < -0.39 is 5.97 Å². The normalized spacial score (nSPS) is 22.5. The van der Waals surface area contributed by atoms with Crippen molar-refractivity contribution in [3.8, 4) is 0 Å². The zero-order chi connectivity index (χ0) is 13.8. The zero-order valence-corrected chi connectivity index (χ0v) is 13.0. The lowest BCUT2D eigenvalue weighted by molar-refractivity contribution is -0.137. The molecule has 1 fully saturated rings. The Hall–Kier alpha value is -1.06. The van der Waals surface area contributed by atoms with Gasteiger partial charge in [-0.15, -0.1) is 12.4 Å². The Labute approximate surface area is 127 Å². The summed E-state index contributed by atoms with van der Waals surface area (Å²) < 4.78 is 0. The highest BCUT2D eigenvalue weighted by Crippen LogP contribution is 2.33. The van der Waals surface area contributed by atoms with Crippen LogP contribution in [0.5, 0.6) is 0 Å². The topological polar surface area (TPSA) is 40.5 Å². The number of rotatable bonds is 5. The number of likely N-dealkylation sites (tertiary alicyclic amines) is 1. The van der Waals surface area contributed by atoms with Crippen LogP contribution in [0.2, 0.25) is 0 Å². The molecule has 0 saturated carbocycles. The van der Waals surface area contributed by atoms with Gasteiger partial charge >= 0.3 is 5.97 Å². The molecule has 1 N–H and O–H groups in total. The molecule has 1 aromatic rings. The Bertz CT molecular complexity index is 450. The SMILES string of the molecule is Cc1ccccc1C1CC(C)N(CCCC(=O)O)C1.Cl. The van der Waals surface area contributed by atoms with E-state index in [0.717, 1.165) is 19.5 Å². The van der Waals surface area contributed by atoms with Gasteiger partial charge in [0.25, 0.3) is 0 Å². The first kappa shape index (κ1) is 17.0. The summed E-state index contributed by atoms with van der Waals surface area (Å²) in [6, 6.07) is 9.15. The molecule has 1 heterocycles. The third kappa shape index (κ3) is 4.22. The second kappa shape index (κ2) is 7.65. The van der Waals surface area contributed by atoms with E-state index in [1.165, 1.54) is 17.5 Å².